The average molecular weight is 457 g/mol. The highest BCUT2D eigenvalue weighted by atomic mass is 16.1. The predicted octanol–water partition coefficient (Wildman–Crippen LogP) is 3.55. The highest BCUT2D eigenvalue weighted by Crippen LogP contribution is 2.33. The van der Waals surface area contributed by atoms with Crippen LogP contribution in [0.3, 0.4) is 0 Å². The molecule has 0 radical (unpaired) electrons. The number of amides is 1. The first kappa shape index (κ1) is 21.8. The molecule has 5 rings (SSSR count). The number of hydrogen-bond donors (Lipinski definition) is 4. The van der Waals surface area contributed by atoms with Gasteiger partial charge in [-0.3, -0.25) is 4.79 Å². The maximum absolute atomic E-state index is 12.1. The maximum Gasteiger partial charge on any atom is 0.273 e. The molecule has 0 saturated heterocycles. The zero-order chi connectivity index (χ0) is 23.7. The number of carbonyl (C=O) groups excluding carboxylic acids is 1. The lowest BCUT2D eigenvalue weighted by Crippen LogP contribution is -2.43. The molecule has 2 atom stereocenters. The van der Waals surface area contributed by atoms with Crippen LogP contribution in [0.1, 0.15) is 36.2 Å². The van der Waals surface area contributed by atoms with Crippen LogP contribution in [0.5, 0.6) is 0 Å². The second-order valence-electron chi connectivity index (χ2n) is 8.77. The van der Waals surface area contributed by atoms with Gasteiger partial charge >= 0.3 is 0 Å². The molecule has 6 N–H and O–H groups in total. The lowest BCUT2D eigenvalue weighted by molar-refractivity contribution is 0.0995. The summed E-state index contributed by atoms with van der Waals surface area (Å²) in [7, 11) is 2.00. The summed E-state index contributed by atoms with van der Waals surface area (Å²) in [6.07, 6.45) is 6.11. The fraction of sp³-hybridized carbons (Fsp3) is 0.280. The number of aromatic nitrogens is 4. The lowest BCUT2D eigenvalue weighted by Gasteiger charge is -2.29. The Kier molecular flexibility index (Phi) is 5.85. The Hall–Kier alpha value is -3.98. The Morgan fingerprint density at radius 1 is 1.06 bits per heavy atom. The van der Waals surface area contributed by atoms with Gasteiger partial charge in [0.1, 0.15) is 0 Å². The van der Waals surface area contributed by atoms with Crippen LogP contribution in [0, 0.1) is 0 Å². The van der Waals surface area contributed by atoms with Crippen molar-refractivity contribution in [1.82, 2.24) is 19.7 Å². The van der Waals surface area contributed by atoms with Gasteiger partial charge in [0.05, 0.1) is 5.52 Å². The van der Waals surface area contributed by atoms with E-state index in [4.69, 9.17) is 11.5 Å². The molecule has 2 aromatic carbocycles. The molecule has 4 aromatic rings. The van der Waals surface area contributed by atoms with Crippen molar-refractivity contribution in [3.63, 3.8) is 0 Å². The minimum Gasteiger partial charge on any atom is -0.364 e. The van der Waals surface area contributed by atoms with E-state index in [1.54, 1.807) is 0 Å². The molecule has 9 nitrogen and oxygen atoms in total. The second-order valence-corrected chi connectivity index (χ2v) is 8.77. The number of anilines is 3. The molecule has 34 heavy (non-hydrogen) atoms. The molecular formula is C25H28N8O. The molecular weight excluding hydrogens is 428 g/mol. The highest BCUT2D eigenvalue weighted by molar-refractivity contribution is 6.01. The summed E-state index contributed by atoms with van der Waals surface area (Å²) in [6, 6.07) is 16.4. The van der Waals surface area contributed by atoms with Crippen molar-refractivity contribution in [3.05, 3.63) is 60.4 Å². The third-order valence-corrected chi connectivity index (χ3v) is 6.42. The Bertz CT molecular complexity index is 1330. The van der Waals surface area contributed by atoms with Crippen molar-refractivity contribution in [2.75, 3.05) is 10.6 Å². The number of nitrogens with zero attached hydrogens (tertiary/aromatic N) is 4. The van der Waals surface area contributed by atoms with Gasteiger partial charge < -0.3 is 26.7 Å². The van der Waals surface area contributed by atoms with Crippen molar-refractivity contribution >= 4 is 34.3 Å². The minimum absolute atomic E-state index is 0.0207. The van der Waals surface area contributed by atoms with Crippen LogP contribution < -0.4 is 22.1 Å². The smallest absolute Gasteiger partial charge is 0.273 e. The van der Waals surface area contributed by atoms with Crippen molar-refractivity contribution in [3.8, 4) is 11.1 Å². The van der Waals surface area contributed by atoms with E-state index in [0.29, 0.717) is 5.95 Å². The number of primary amides is 1. The first-order chi connectivity index (χ1) is 16.5. The molecule has 2 aromatic heterocycles. The first-order valence-electron chi connectivity index (χ1n) is 11.5. The van der Waals surface area contributed by atoms with E-state index in [9.17, 15) is 4.79 Å². The summed E-state index contributed by atoms with van der Waals surface area (Å²) in [5, 5.41) is 15.8. The standard InChI is InChI=1S/C25H28N8O/c1-33-12-11-17-20(13-16(14-21(17)33)15-7-3-2-4-8-15)28-24-22(23(27)34)31-32-25(30-24)29-19-10-6-5-9-18(19)26/h2-4,7-8,11-14,18-19H,5-6,9-10,26H2,1H3,(H2,27,34)(H2,28,29,30,32)/t18-,19+/m0/s1. The van der Waals surface area contributed by atoms with Crippen LogP contribution in [0.4, 0.5) is 17.5 Å². The second kappa shape index (κ2) is 9.11. The number of aryl methyl sites for hydroxylation is 1. The molecule has 1 aliphatic carbocycles. The molecule has 9 heteroatoms. The van der Waals surface area contributed by atoms with Gasteiger partial charge in [-0.25, -0.2) is 0 Å². The molecule has 174 valence electrons. The Morgan fingerprint density at radius 2 is 1.85 bits per heavy atom. The summed E-state index contributed by atoms with van der Waals surface area (Å²) >= 11 is 0. The molecule has 1 aliphatic rings. The van der Waals surface area contributed by atoms with E-state index < -0.39 is 5.91 Å². The molecule has 2 heterocycles. The summed E-state index contributed by atoms with van der Waals surface area (Å²) < 4.78 is 2.05. The minimum atomic E-state index is -0.702. The number of hydrogen-bond acceptors (Lipinski definition) is 7. The third-order valence-electron chi connectivity index (χ3n) is 6.42. The van der Waals surface area contributed by atoms with Crippen LogP contribution >= 0.6 is 0 Å². The number of nitrogens with two attached hydrogens (primary N) is 2. The largest absolute Gasteiger partial charge is 0.364 e. The molecule has 0 spiro atoms. The van der Waals surface area contributed by atoms with Gasteiger partial charge in [-0.2, -0.15) is 4.98 Å². The highest BCUT2D eigenvalue weighted by Gasteiger charge is 2.24. The normalized spacial score (nSPS) is 18.1. The number of carbonyl (C=O) groups is 1. The quantitative estimate of drug-likeness (QED) is 0.348. The number of fused-ring (bicyclic) bond motifs is 1. The molecule has 0 aliphatic heterocycles. The van der Waals surface area contributed by atoms with Gasteiger partial charge in [0, 0.05) is 36.4 Å². The Balaban J connectivity index is 1.55. The fourth-order valence-corrected chi connectivity index (χ4v) is 4.54. The first-order valence-corrected chi connectivity index (χ1v) is 11.5. The van der Waals surface area contributed by atoms with Crippen LogP contribution in [-0.4, -0.2) is 37.7 Å². The van der Waals surface area contributed by atoms with Crippen molar-refractivity contribution < 1.29 is 4.79 Å². The number of rotatable bonds is 6. The van der Waals surface area contributed by atoms with Gasteiger partial charge in [0.15, 0.2) is 11.5 Å². The maximum atomic E-state index is 12.1. The van der Waals surface area contributed by atoms with E-state index in [0.717, 1.165) is 53.4 Å². The van der Waals surface area contributed by atoms with E-state index in [1.807, 2.05) is 43.6 Å². The summed E-state index contributed by atoms with van der Waals surface area (Å²) in [4.78, 5) is 16.7. The molecule has 0 bridgehead atoms. The van der Waals surface area contributed by atoms with Crippen molar-refractivity contribution in [2.24, 2.45) is 18.5 Å². The van der Waals surface area contributed by atoms with Gasteiger partial charge in [-0.1, -0.05) is 43.2 Å². The van der Waals surface area contributed by atoms with Crippen LogP contribution in [0.15, 0.2) is 54.7 Å². The third kappa shape index (κ3) is 4.29. The fourth-order valence-electron chi connectivity index (χ4n) is 4.54. The lowest BCUT2D eigenvalue weighted by atomic mass is 9.91. The van der Waals surface area contributed by atoms with Crippen LogP contribution in [0.2, 0.25) is 0 Å². The predicted molar refractivity (Wildman–Crippen MR) is 134 cm³/mol. The van der Waals surface area contributed by atoms with Gasteiger partial charge in [0.2, 0.25) is 5.95 Å². The van der Waals surface area contributed by atoms with E-state index in [1.165, 1.54) is 0 Å². The van der Waals surface area contributed by atoms with Gasteiger partial charge in [-0.05, 0) is 42.2 Å². The molecule has 1 amide bonds. The topological polar surface area (TPSA) is 137 Å². The number of benzene rings is 2. The Morgan fingerprint density at radius 3 is 2.62 bits per heavy atom. The van der Waals surface area contributed by atoms with Crippen LogP contribution in [-0.2, 0) is 7.05 Å². The van der Waals surface area contributed by atoms with Gasteiger partial charge in [0.25, 0.3) is 5.91 Å². The molecule has 0 unspecified atom stereocenters. The molecule has 1 fully saturated rings. The zero-order valence-electron chi connectivity index (χ0n) is 19.0. The van der Waals surface area contributed by atoms with E-state index in [-0.39, 0.29) is 23.6 Å². The summed E-state index contributed by atoms with van der Waals surface area (Å²) in [5.41, 5.74) is 15.8. The summed E-state index contributed by atoms with van der Waals surface area (Å²) in [6.45, 7) is 0. The Labute approximate surface area is 197 Å². The van der Waals surface area contributed by atoms with E-state index >= 15 is 0 Å². The zero-order valence-corrected chi connectivity index (χ0v) is 19.0. The van der Waals surface area contributed by atoms with Crippen molar-refractivity contribution in [1.29, 1.82) is 0 Å². The van der Waals surface area contributed by atoms with E-state index in [2.05, 4.69) is 48.6 Å². The van der Waals surface area contributed by atoms with Crippen molar-refractivity contribution in [2.45, 2.75) is 37.8 Å². The average Bonchev–Trinajstić information content (AvgIpc) is 3.22. The SMILES string of the molecule is Cn1ccc2c(Nc3nc(N[C@@H]4CCCC[C@@H]4N)nnc3C(N)=O)cc(-c3ccccc3)cc21. The monoisotopic (exact) mass is 456 g/mol. The van der Waals surface area contributed by atoms with Gasteiger partial charge in [-0.15, -0.1) is 10.2 Å². The summed E-state index contributed by atoms with van der Waals surface area (Å²) in [5.74, 6) is -0.130. The molecule has 1 saturated carbocycles. The van der Waals surface area contributed by atoms with Crippen LogP contribution in [0.25, 0.3) is 22.0 Å². The number of nitrogens with one attached hydrogen (secondary N) is 2.